The summed E-state index contributed by atoms with van der Waals surface area (Å²) in [6.07, 6.45) is 9.48. The molecule has 0 aromatic rings. The number of carbonyl (C=O) groups is 3. The number of amides is 1. The Kier molecular flexibility index (Phi) is 21.4. The SMILES string of the molecule is C=C(OC(=O)CCSCCC(=O)NCCCCCCCCCCP(=O)(OCC)OCC)OC(=O)C(=C)C. The molecule has 0 fully saturated rings. The molecule has 0 aliphatic heterocycles. The van der Waals surface area contributed by atoms with Crippen LogP contribution in [0.2, 0.25) is 0 Å². The summed E-state index contributed by atoms with van der Waals surface area (Å²) in [6, 6.07) is 0. The van der Waals surface area contributed by atoms with Crippen molar-refractivity contribution in [3.05, 3.63) is 24.7 Å². The zero-order chi connectivity index (χ0) is 27.9. The van der Waals surface area contributed by atoms with Gasteiger partial charge in [-0.1, -0.05) is 45.1 Å². The molecule has 0 saturated carbocycles. The minimum atomic E-state index is -2.90. The first kappa shape index (κ1) is 35.4. The van der Waals surface area contributed by atoms with Gasteiger partial charge in [0, 0.05) is 30.0 Å². The molecular formula is C26H46NO8PS. The second-order valence-corrected chi connectivity index (χ2v) is 11.9. The highest BCUT2D eigenvalue weighted by Gasteiger charge is 2.22. The zero-order valence-corrected chi connectivity index (χ0v) is 24.6. The largest absolute Gasteiger partial charge is 0.393 e. The Morgan fingerprint density at radius 1 is 0.811 bits per heavy atom. The Morgan fingerprint density at radius 2 is 1.35 bits per heavy atom. The average Bonchev–Trinajstić information content (AvgIpc) is 2.82. The molecule has 214 valence electrons. The molecule has 9 nitrogen and oxygen atoms in total. The lowest BCUT2D eigenvalue weighted by Crippen LogP contribution is -2.24. The van der Waals surface area contributed by atoms with E-state index < -0.39 is 19.5 Å². The predicted octanol–water partition coefficient (Wildman–Crippen LogP) is 6.14. The van der Waals surface area contributed by atoms with Crippen molar-refractivity contribution in [1.82, 2.24) is 5.32 Å². The van der Waals surface area contributed by atoms with E-state index in [1.165, 1.54) is 18.7 Å². The first-order chi connectivity index (χ1) is 17.6. The normalized spacial score (nSPS) is 11.1. The molecule has 1 amide bonds. The lowest BCUT2D eigenvalue weighted by molar-refractivity contribution is -0.151. The maximum absolute atomic E-state index is 12.4. The number of thioether (sulfide) groups is 1. The lowest BCUT2D eigenvalue weighted by atomic mass is 10.1. The van der Waals surface area contributed by atoms with Gasteiger partial charge >= 0.3 is 19.5 Å². The van der Waals surface area contributed by atoms with Crippen LogP contribution in [0.25, 0.3) is 0 Å². The minimum absolute atomic E-state index is 0.00607. The molecule has 0 radical (unpaired) electrons. The minimum Gasteiger partial charge on any atom is -0.393 e. The first-order valence-electron chi connectivity index (χ1n) is 13.1. The van der Waals surface area contributed by atoms with Gasteiger partial charge in [-0.3, -0.25) is 14.2 Å². The molecular weight excluding hydrogens is 517 g/mol. The number of hydrogen-bond acceptors (Lipinski definition) is 9. The maximum Gasteiger partial charge on any atom is 0.340 e. The summed E-state index contributed by atoms with van der Waals surface area (Å²) in [5, 5.41) is 2.93. The number of hydrogen-bond donors (Lipinski definition) is 1. The molecule has 0 saturated heterocycles. The van der Waals surface area contributed by atoms with Crippen molar-refractivity contribution in [2.24, 2.45) is 0 Å². The Hall–Kier alpha value is -1.61. The van der Waals surface area contributed by atoms with Crippen LogP contribution in [0.3, 0.4) is 0 Å². The van der Waals surface area contributed by atoms with E-state index in [0.717, 1.165) is 51.4 Å². The van der Waals surface area contributed by atoms with E-state index in [9.17, 15) is 18.9 Å². The number of carbonyl (C=O) groups excluding carboxylic acids is 3. The summed E-state index contributed by atoms with van der Waals surface area (Å²) in [5.41, 5.74) is 0.181. The lowest BCUT2D eigenvalue weighted by Gasteiger charge is -2.16. The second kappa shape index (κ2) is 22.4. The van der Waals surface area contributed by atoms with Crippen LogP contribution in [0.5, 0.6) is 0 Å². The number of nitrogens with one attached hydrogen (secondary N) is 1. The average molecular weight is 564 g/mol. The molecule has 0 atom stereocenters. The molecule has 1 N–H and O–H groups in total. The summed E-state index contributed by atoms with van der Waals surface area (Å²) in [5.74, 6) is -0.514. The van der Waals surface area contributed by atoms with Crippen molar-refractivity contribution in [2.75, 3.05) is 37.4 Å². The van der Waals surface area contributed by atoms with Crippen LogP contribution in [-0.4, -0.2) is 55.3 Å². The topological polar surface area (TPSA) is 117 Å². The molecule has 37 heavy (non-hydrogen) atoms. The van der Waals surface area contributed by atoms with E-state index in [-0.39, 0.29) is 23.8 Å². The van der Waals surface area contributed by atoms with Crippen molar-refractivity contribution >= 4 is 37.2 Å². The Morgan fingerprint density at radius 3 is 1.92 bits per heavy atom. The van der Waals surface area contributed by atoms with E-state index in [4.69, 9.17) is 18.5 Å². The molecule has 0 heterocycles. The molecule has 0 aliphatic rings. The fraction of sp³-hybridized carbons (Fsp3) is 0.731. The van der Waals surface area contributed by atoms with Crippen LogP contribution in [0.4, 0.5) is 0 Å². The van der Waals surface area contributed by atoms with Gasteiger partial charge in [-0.15, -0.1) is 0 Å². The molecule has 0 rings (SSSR count). The second-order valence-electron chi connectivity index (χ2n) is 8.48. The summed E-state index contributed by atoms with van der Waals surface area (Å²) < 4.78 is 32.5. The van der Waals surface area contributed by atoms with Gasteiger partial charge in [0.2, 0.25) is 5.91 Å². The summed E-state index contributed by atoms with van der Waals surface area (Å²) in [6.45, 7) is 13.4. The predicted molar refractivity (Wildman–Crippen MR) is 148 cm³/mol. The molecule has 11 heteroatoms. The van der Waals surface area contributed by atoms with Crippen molar-refractivity contribution in [2.45, 2.75) is 85.0 Å². The highest BCUT2D eigenvalue weighted by molar-refractivity contribution is 7.99. The van der Waals surface area contributed by atoms with Crippen LogP contribution < -0.4 is 5.32 Å². The van der Waals surface area contributed by atoms with E-state index in [1.54, 1.807) is 0 Å². The smallest absolute Gasteiger partial charge is 0.340 e. The van der Waals surface area contributed by atoms with Crippen LogP contribution in [0, 0.1) is 0 Å². The molecule has 0 aliphatic carbocycles. The van der Waals surface area contributed by atoms with Crippen molar-refractivity contribution in [1.29, 1.82) is 0 Å². The molecule has 0 aromatic heterocycles. The third kappa shape index (κ3) is 21.1. The van der Waals surface area contributed by atoms with E-state index in [2.05, 4.69) is 18.5 Å². The van der Waals surface area contributed by atoms with E-state index in [0.29, 0.717) is 43.8 Å². The molecule has 0 spiro atoms. The van der Waals surface area contributed by atoms with Gasteiger partial charge in [-0.05, 0) is 40.2 Å². The number of unbranched alkanes of at least 4 members (excludes halogenated alkanes) is 7. The van der Waals surface area contributed by atoms with Gasteiger partial charge in [0.15, 0.2) is 0 Å². The quantitative estimate of drug-likeness (QED) is 0.0486. The number of rotatable bonds is 24. The highest BCUT2D eigenvalue weighted by atomic mass is 32.2. The monoisotopic (exact) mass is 563 g/mol. The molecule has 0 bridgehead atoms. The van der Waals surface area contributed by atoms with Crippen LogP contribution >= 0.6 is 19.4 Å². The van der Waals surface area contributed by atoms with Gasteiger partial charge < -0.3 is 23.8 Å². The Balaban J connectivity index is 3.58. The third-order valence-electron chi connectivity index (χ3n) is 5.04. The zero-order valence-electron chi connectivity index (χ0n) is 22.8. The highest BCUT2D eigenvalue weighted by Crippen LogP contribution is 2.48. The van der Waals surface area contributed by atoms with Gasteiger partial charge in [0.25, 0.3) is 5.95 Å². The maximum atomic E-state index is 12.4. The Bertz CT molecular complexity index is 749. The summed E-state index contributed by atoms with van der Waals surface area (Å²) in [7, 11) is -2.90. The standard InChI is InChI=1S/C26H46NO8PS/c1-6-32-36(31,33-7-2)19-15-13-11-9-8-10-12-14-18-27-24(28)16-20-37-21-17-25(29)34-23(5)35-26(30)22(3)4/h3,5-21H2,1-2,4H3,(H,27,28). The van der Waals surface area contributed by atoms with E-state index in [1.807, 2.05) is 13.8 Å². The van der Waals surface area contributed by atoms with Crippen molar-refractivity contribution in [3.8, 4) is 0 Å². The third-order valence-corrected chi connectivity index (χ3v) is 8.19. The van der Waals surface area contributed by atoms with Crippen LogP contribution in [0.1, 0.15) is 85.0 Å². The Labute approximate surface area is 227 Å². The van der Waals surface area contributed by atoms with Gasteiger partial charge in [0.05, 0.1) is 25.8 Å². The summed E-state index contributed by atoms with van der Waals surface area (Å²) >= 11 is 1.48. The number of esters is 2. The van der Waals surface area contributed by atoms with Gasteiger partial charge in [-0.2, -0.15) is 11.8 Å². The van der Waals surface area contributed by atoms with Crippen LogP contribution in [0.15, 0.2) is 24.7 Å². The summed E-state index contributed by atoms with van der Waals surface area (Å²) in [4.78, 5) is 34.9. The van der Waals surface area contributed by atoms with Crippen LogP contribution in [-0.2, 0) is 37.5 Å². The fourth-order valence-corrected chi connectivity index (χ4v) is 5.75. The van der Waals surface area contributed by atoms with Gasteiger partial charge in [0.1, 0.15) is 0 Å². The molecule has 0 aromatic carbocycles. The first-order valence-corrected chi connectivity index (χ1v) is 16.0. The van der Waals surface area contributed by atoms with E-state index >= 15 is 0 Å². The number of ether oxygens (including phenoxy) is 2. The molecule has 0 unspecified atom stereocenters. The van der Waals surface area contributed by atoms with Crippen molar-refractivity contribution < 1.29 is 37.5 Å². The van der Waals surface area contributed by atoms with Crippen molar-refractivity contribution in [3.63, 3.8) is 0 Å². The van der Waals surface area contributed by atoms with Gasteiger partial charge in [-0.25, -0.2) is 4.79 Å². The fourth-order valence-electron chi connectivity index (χ4n) is 3.18.